The molecule has 0 unspecified atom stereocenters. The fraction of sp³-hybridized carbons (Fsp3) is 0.667. The predicted molar refractivity (Wildman–Crippen MR) is 108 cm³/mol. The lowest BCUT2D eigenvalue weighted by Gasteiger charge is -2.36. The quantitative estimate of drug-likeness (QED) is 0.832. The van der Waals surface area contributed by atoms with E-state index in [9.17, 15) is 14.4 Å². The highest BCUT2D eigenvalue weighted by atomic mass is 16.2. The SMILES string of the molecule is CC(=O)N1CCC[C@@H]1C(=O)N1CCCN(C2CCC2)CC1.O=c1cc[nH]cc1. The molecule has 2 aliphatic heterocycles. The second-order valence-electron chi connectivity index (χ2n) is 7.91. The van der Waals surface area contributed by atoms with Crippen LogP contribution >= 0.6 is 0 Å². The molecule has 2 saturated heterocycles. The molecule has 1 atom stereocenters. The third-order valence-corrected chi connectivity index (χ3v) is 6.06. The van der Waals surface area contributed by atoms with Gasteiger partial charge in [0.2, 0.25) is 11.8 Å². The number of hydrogen-bond donors (Lipinski definition) is 1. The van der Waals surface area contributed by atoms with E-state index in [4.69, 9.17) is 0 Å². The molecule has 4 rings (SSSR count). The van der Waals surface area contributed by atoms with E-state index in [1.54, 1.807) is 24.2 Å². The molecular formula is C21H32N4O3. The smallest absolute Gasteiger partial charge is 0.245 e. The number of carbonyl (C=O) groups is 2. The monoisotopic (exact) mass is 388 g/mol. The largest absolute Gasteiger partial charge is 0.367 e. The van der Waals surface area contributed by atoms with E-state index < -0.39 is 0 Å². The molecule has 0 aromatic carbocycles. The molecular weight excluding hydrogens is 356 g/mol. The lowest BCUT2D eigenvalue weighted by atomic mass is 9.91. The number of pyridine rings is 1. The third kappa shape index (κ3) is 5.22. The van der Waals surface area contributed by atoms with Crippen molar-refractivity contribution in [3.8, 4) is 0 Å². The topological polar surface area (TPSA) is 76.7 Å². The molecule has 7 heteroatoms. The van der Waals surface area contributed by atoms with Crippen LogP contribution in [0, 0.1) is 0 Å². The van der Waals surface area contributed by atoms with Crippen LogP contribution < -0.4 is 5.43 Å². The Bertz CT molecular complexity index is 698. The van der Waals surface area contributed by atoms with E-state index in [2.05, 4.69) is 9.88 Å². The Morgan fingerprint density at radius 1 is 0.929 bits per heavy atom. The Kier molecular flexibility index (Phi) is 7.25. The molecule has 2 amide bonds. The average Bonchev–Trinajstić information content (AvgIpc) is 3.02. The summed E-state index contributed by atoms with van der Waals surface area (Å²) in [5.74, 6) is 0.218. The van der Waals surface area contributed by atoms with Crippen LogP contribution in [0.4, 0.5) is 0 Å². The third-order valence-electron chi connectivity index (χ3n) is 6.06. The number of aromatic nitrogens is 1. The first-order valence-electron chi connectivity index (χ1n) is 10.5. The zero-order chi connectivity index (χ0) is 19.9. The van der Waals surface area contributed by atoms with Crippen LogP contribution in [0.1, 0.15) is 45.4 Å². The van der Waals surface area contributed by atoms with Gasteiger partial charge in [-0.15, -0.1) is 0 Å². The van der Waals surface area contributed by atoms with Crippen molar-refractivity contribution >= 4 is 11.8 Å². The van der Waals surface area contributed by atoms with Crippen LogP contribution in [0.15, 0.2) is 29.3 Å². The molecule has 154 valence electrons. The van der Waals surface area contributed by atoms with E-state index in [0.717, 1.165) is 58.0 Å². The normalized spacial score (nSPS) is 23.4. The number of likely N-dealkylation sites (tertiary alicyclic amines) is 1. The zero-order valence-corrected chi connectivity index (χ0v) is 16.8. The van der Waals surface area contributed by atoms with Crippen molar-refractivity contribution in [2.24, 2.45) is 0 Å². The summed E-state index contributed by atoms with van der Waals surface area (Å²) in [6.07, 6.45) is 10.1. The van der Waals surface area contributed by atoms with Crippen molar-refractivity contribution in [2.75, 3.05) is 32.7 Å². The minimum Gasteiger partial charge on any atom is -0.367 e. The minimum absolute atomic E-state index is 0.0387. The molecule has 1 aromatic heterocycles. The molecule has 7 nitrogen and oxygen atoms in total. The van der Waals surface area contributed by atoms with Crippen molar-refractivity contribution < 1.29 is 9.59 Å². The number of carbonyl (C=O) groups excluding carboxylic acids is 2. The lowest BCUT2D eigenvalue weighted by molar-refractivity contribution is -0.142. The number of rotatable bonds is 2. The highest BCUT2D eigenvalue weighted by Crippen LogP contribution is 2.26. The van der Waals surface area contributed by atoms with Crippen LogP contribution in [0.25, 0.3) is 0 Å². The molecule has 1 saturated carbocycles. The average molecular weight is 389 g/mol. The van der Waals surface area contributed by atoms with Gasteiger partial charge in [0.15, 0.2) is 5.43 Å². The zero-order valence-electron chi connectivity index (χ0n) is 16.8. The summed E-state index contributed by atoms with van der Waals surface area (Å²) in [7, 11) is 0. The van der Waals surface area contributed by atoms with Crippen LogP contribution in [-0.4, -0.2) is 76.3 Å². The minimum atomic E-state index is -0.197. The van der Waals surface area contributed by atoms with E-state index in [0.29, 0.717) is 0 Å². The molecule has 1 aromatic rings. The molecule has 0 spiro atoms. The Hall–Kier alpha value is -2.15. The van der Waals surface area contributed by atoms with Gasteiger partial charge in [-0.2, -0.15) is 0 Å². The Morgan fingerprint density at radius 3 is 2.25 bits per heavy atom. The standard InChI is InChI=1S/C16H27N3O2.C5H5NO/c1-13(20)19-10-3-7-15(19)16(21)18-9-4-8-17(11-12-18)14-5-2-6-14;7-5-1-3-6-4-2-5/h14-15H,2-12H2,1H3;1-4H,(H,6,7)/t15-;/m1./s1. The number of H-pyrrole nitrogens is 1. The summed E-state index contributed by atoms with van der Waals surface area (Å²) in [5.41, 5.74) is 0.0405. The fourth-order valence-electron chi connectivity index (χ4n) is 4.26. The number of nitrogens with one attached hydrogen (secondary N) is 1. The van der Waals surface area contributed by atoms with E-state index in [1.807, 2.05) is 4.90 Å². The maximum Gasteiger partial charge on any atom is 0.245 e. The molecule has 3 fully saturated rings. The first-order valence-corrected chi connectivity index (χ1v) is 10.5. The van der Waals surface area contributed by atoms with Crippen molar-refractivity contribution in [1.29, 1.82) is 0 Å². The van der Waals surface area contributed by atoms with Gasteiger partial charge in [-0.1, -0.05) is 6.42 Å². The molecule has 0 radical (unpaired) electrons. The summed E-state index contributed by atoms with van der Waals surface area (Å²) < 4.78 is 0. The van der Waals surface area contributed by atoms with Gasteiger partial charge in [0.05, 0.1) is 0 Å². The predicted octanol–water partition coefficient (Wildman–Crippen LogP) is 1.46. The van der Waals surface area contributed by atoms with Gasteiger partial charge in [-0.05, 0) is 32.1 Å². The lowest BCUT2D eigenvalue weighted by Crippen LogP contribution is -2.48. The van der Waals surface area contributed by atoms with Crippen LogP contribution in [0.3, 0.4) is 0 Å². The summed E-state index contributed by atoms with van der Waals surface area (Å²) in [5, 5.41) is 0. The van der Waals surface area contributed by atoms with Gasteiger partial charge in [0.1, 0.15) is 6.04 Å². The first kappa shape index (κ1) is 20.6. The molecule has 1 N–H and O–H groups in total. The molecule has 1 aliphatic carbocycles. The van der Waals surface area contributed by atoms with Crippen molar-refractivity contribution in [3.05, 3.63) is 34.7 Å². The molecule has 3 heterocycles. The molecule has 28 heavy (non-hydrogen) atoms. The van der Waals surface area contributed by atoms with Crippen molar-refractivity contribution in [3.63, 3.8) is 0 Å². The van der Waals surface area contributed by atoms with Gasteiger partial charge in [-0.25, -0.2) is 0 Å². The Balaban J connectivity index is 0.000000271. The van der Waals surface area contributed by atoms with Crippen molar-refractivity contribution in [1.82, 2.24) is 19.7 Å². The van der Waals surface area contributed by atoms with Crippen LogP contribution in [-0.2, 0) is 9.59 Å². The number of nitrogens with zero attached hydrogens (tertiary/aromatic N) is 3. The number of aromatic amines is 1. The molecule has 0 bridgehead atoms. The van der Waals surface area contributed by atoms with E-state index in [-0.39, 0.29) is 23.3 Å². The maximum atomic E-state index is 12.7. The highest BCUT2D eigenvalue weighted by Gasteiger charge is 2.36. The van der Waals surface area contributed by atoms with Gasteiger partial charge < -0.3 is 14.8 Å². The van der Waals surface area contributed by atoms with Gasteiger partial charge in [0, 0.05) is 70.2 Å². The second-order valence-corrected chi connectivity index (χ2v) is 7.91. The van der Waals surface area contributed by atoms with E-state index >= 15 is 0 Å². The van der Waals surface area contributed by atoms with Gasteiger partial charge in [-0.3, -0.25) is 19.3 Å². The summed E-state index contributed by atoms with van der Waals surface area (Å²) in [4.78, 5) is 43.7. The summed E-state index contributed by atoms with van der Waals surface area (Å²) in [6, 6.07) is 3.51. The Labute approximate surface area is 166 Å². The van der Waals surface area contributed by atoms with Crippen LogP contribution in [0.2, 0.25) is 0 Å². The van der Waals surface area contributed by atoms with Gasteiger partial charge in [0.25, 0.3) is 0 Å². The highest BCUT2D eigenvalue weighted by molar-refractivity contribution is 5.87. The van der Waals surface area contributed by atoms with E-state index in [1.165, 1.54) is 31.4 Å². The number of amides is 2. The maximum absolute atomic E-state index is 12.7. The molecule has 3 aliphatic rings. The fourth-order valence-corrected chi connectivity index (χ4v) is 4.26. The number of hydrogen-bond acceptors (Lipinski definition) is 4. The van der Waals surface area contributed by atoms with Crippen molar-refractivity contribution in [2.45, 2.75) is 57.5 Å². The summed E-state index contributed by atoms with van der Waals surface area (Å²) >= 11 is 0. The summed E-state index contributed by atoms with van der Waals surface area (Å²) in [6.45, 7) is 6.13. The van der Waals surface area contributed by atoms with Gasteiger partial charge >= 0.3 is 0 Å². The first-order chi connectivity index (χ1) is 13.6. The van der Waals surface area contributed by atoms with Crippen LogP contribution in [0.5, 0.6) is 0 Å². The Morgan fingerprint density at radius 2 is 1.68 bits per heavy atom. The second kappa shape index (κ2) is 9.87.